The van der Waals surface area contributed by atoms with E-state index < -0.39 is 0 Å². The predicted molar refractivity (Wildman–Crippen MR) is 87.8 cm³/mol. The van der Waals surface area contributed by atoms with E-state index in [4.69, 9.17) is 4.74 Å². The first-order valence-electron chi connectivity index (χ1n) is 7.57. The van der Waals surface area contributed by atoms with Gasteiger partial charge in [0.2, 0.25) is 0 Å². The number of hydrogen-bond acceptors (Lipinski definition) is 2. The summed E-state index contributed by atoms with van der Waals surface area (Å²) in [4.78, 5) is 4.28. The van der Waals surface area contributed by atoms with Gasteiger partial charge in [0.05, 0.1) is 6.61 Å². The van der Waals surface area contributed by atoms with Crippen LogP contribution in [0.25, 0.3) is 0 Å². The van der Waals surface area contributed by atoms with Crippen LogP contribution in [0.2, 0.25) is 0 Å². The fourth-order valence-corrected chi connectivity index (χ4v) is 2.45. The van der Waals surface area contributed by atoms with Crippen molar-refractivity contribution >= 4 is 5.96 Å². The first-order chi connectivity index (χ1) is 10.2. The van der Waals surface area contributed by atoms with E-state index >= 15 is 0 Å². The summed E-state index contributed by atoms with van der Waals surface area (Å²) in [6, 6.07) is 6.75. The lowest BCUT2D eigenvalue weighted by Crippen LogP contribution is -2.42. The van der Waals surface area contributed by atoms with Crippen molar-refractivity contribution in [2.45, 2.75) is 39.3 Å². The molecule has 1 aliphatic rings. The minimum atomic E-state index is 0.471. The summed E-state index contributed by atoms with van der Waals surface area (Å²) in [6.45, 7) is 5.53. The van der Waals surface area contributed by atoms with Crippen LogP contribution in [-0.4, -0.2) is 25.7 Å². The second-order valence-electron chi connectivity index (χ2n) is 5.24. The van der Waals surface area contributed by atoms with E-state index in [-0.39, 0.29) is 0 Å². The predicted octanol–water partition coefficient (Wildman–Crippen LogP) is 2.78. The Bertz CT molecular complexity index is 515. The van der Waals surface area contributed by atoms with Crippen LogP contribution in [0.5, 0.6) is 5.75 Å². The zero-order valence-electron chi connectivity index (χ0n) is 13.1. The normalized spacial score (nSPS) is 15.3. The molecule has 0 aliphatic heterocycles. The van der Waals surface area contributed by atoms with E-state index in [0.717, 1.165) is 31.1 Å². The number of guanidine groups is 1. The average Bonchev–Trinajstić information content (AvgIpc) is 2.99. The van der Waals surface area contributed by atoms with Gasteiger partial charge in [-0.1, -0.05) is 24.3 Å². The lowest BCUT2D eigenvalue weighted by atomic mass is 10.1. The molecule has 21 heavy (non-hydrogen) atoms. The Morgan fingerprint density at radius 3 is 2.71 bits per heavy atom. The molecule has 0 spiro atoms. The Balaban J connectivity index is 1.87. The molecule has 2 N–H and O–H groups in total. The molecule has 0 saturated carbocycles. The molecule has 0 amide bonds. The maximum Gasteiger partial charge on any atom is 0.191 e. The Morgan fingerprint density at radius 2 is 2.10 bits per heavy atom. The Kier molecular flexibility index (Phi) is 5.67. The molecule has 0 atom stereocenters. The third kappa shape index (κ3) is 4.52. The van der Waals surface area contributed by atoms with E-state index in [1.165, 1.54) is 11.1 Å². The molecule has 0 saturated heterocycles. The summed E-state index contributed by atoms with van der Waals surface area (Å²) in [5.74, 6) is 1.82. The van der Waals surface area contributed by atoms with Crippen LogP contribution in [0.4, 0.5) is 0 Å². The van der Waals surface area contributed by atoms with Gasteiger partial charge in [-0.15, -0.1) is 0 Å². The van der Waals surface area contributed by atoms with Gasteiger partial charge in [0.1, 0.15) is 5.75 Å². The Labute approximate surface area is 127 Å². The molecule has 4 nitrogen and oxygen atoms in total. The maximum atomic E-state index is 5.56. The Morgan fingerprint density at radius 1 is 1.33 bits per heavy atom. The summed E-state index contributed by atoms with van der Waals surface area (Å²) in [5.41, 5.74) is 2.39. The first kappa shape index (κ1) is 15.4. The first-order valence-corrected chi connectivity index (χ1v) is 7.57. The molecule has 0 bridgehead atoms. The highest BCUT2D eigenvalue weighted by Gasteiger charge is 2.11. The van der Waals surface area contributed by atoms with Crippen LogP contribution < -0.4 is 15.4 Å². The molecule has 0 heterocycles. The van der Waals surface area contributed by atoms with Crippen LogP contribution in [0.3, 0.4) is 0 Å². The van der Waals surface area contributed by atoms with E-state index in [9.17, 15) is 0 Å². The standard InChI is InChI=1S/C17H25N3O/c1-4-21-16-10-9-14(11-13(16)2)12-19-17(18-3)20-15-7-5-6-8-15/h5-6,9-11,15H,4,7-8,12H2,1-3H3,(H2,18,19,20). The summed E-state index contributed by atoms with van der Waals surface area (Å²) >= 11 is 0. The highest BCUT2D eigenvalue weighted by molar-refractivity contribution is 5.80. The van der Waals surface area contributed by atoms with Gasteiger partial charge in [-0.25, -0.2) is 0 Å². The van der Waals surface area contributed by atoms with Crippen LogP contribution in [-0.2, 0) is 6.54 Å². The zero-order chi connectivity index (χ0) is 15.1. The summed E-state index contributed by atoms with van der Waals surface area (Å²) in [6.07, 6.45) is 6.56. The van der Waals surface area contributed by atoms with E-state index in [2.05, 4.69) is 46.8 Å². The molecule has 1 aromatic rings. The minimum Gasteiger partial charge on any atom is -0.494 e. The summed E-state index contributed by atoms with van der Waals surface area (Å²) in [5, 5.41) is 6.80. The molecule has 2 rings (SSSR count). The van der Waals surface area contributed by atoms with Gasteiger partial charge in [0.25, 0.3) is 0 Å². The van der Waals surface area contributed by atoms with Crippen LogP contribution in [0, 0.1) is 6.92 Å². The van der Waals surface area contributed by atoms with Gasteiger partial charge in [-0.2, -0.15) is 0 Å². The highest BCUT2D eigenvalue weighted by Crippen LogP contribution is 2.19. The number of nitrogens with zero attached hydrogens (tertiary/aromatic N) is 1. The van der Waals surface area contributed by atoms with Gasteiger partial charge >= 0.3 is 0 Å². The summed E-state index contributed by atoms with van der Waals surface area (Å²) in [7, 11) is 1.81. The molecular formula is C17H25N3O. The number of benzene rings is 1. The van der Waals surface area contributed by atoms with Gasteiger partial charge < -0.3 is 15.4 Å². The summed E-state index contributed by atoms with van der Waals surface area (Å²) < 4.78 is 5.56. The zero-order valence-corrected chi connectivity index (χ0v) is 13.1. The van der Waals surface area contributed by atoms with Gasteiger partial charge in [0, 0.05) is 19.6 Å². The van der Waals surface area contributed by atoms with Crippen molar-refractivity contribution in [2.75, 3.05) is 13.7 Å². The lowest BCUT2D eigenvalue weighted by Gasteiger charge is -2.17. The molecule has 1 aliphatic carbocycles. The Hall–Kier alpha value is -1.97. The van der Waals surface area contributed by atoms with Crippen molar-refractivity contribution in [3.63, 3.8) is 0 Å². The number of rotatable bonds is 5. The number of aryl methyl sites for hydroxylation is 1. The van der Waals surface area contributed by atoms with Crippen LogP contribution >= 0.6 is 0 Å². The lowest BCUT2D eigenvalue weighted by molar-refractivity contribution is 0.338. The molecule has 0 aromatic heterocycles. The third-order valence-corrected chi connectivity index (χ3v) is 3.57. The van der Waals surface area contributed by atoms with Crippen molar-refractivity contribution in [3.05, 3.63) is 41.5 Å². The van der Waals surface area contributed by atoms with E-state index in [1.807, 2.05) is 13.0 Å². The fraction of sp³-hybridized carbons (Fsp3) is 0.471. The van der Waals surface area contributed by atoms with Gasteiger partial charge in [-0.3, -0.25) is 4.99 Å². The highest BCUT2D eigenvalue weighted by atomic mass is 16.5. The molecule has 0 radical (unpaired) electrons. The number of hydrogen-bond donors (Lipinski definition) is 2. The fourth-order valence-electron chi connectivity index (χ4n) is 2.45. The monoisotopic (exact) mass is 287 g/mol. The molecule has 114 valence electrons. The molecule has 4 heteroatoms. The van der Waals surface area contributed by atoms with Crippen molar-refractivity contribution in [1.29, 1.82) is 0 Å². The van der Waals surface area contributed by atoms with E-state index in [0.29, 0.717) is 12.6 Å². The van der Waals surface area contributed by atoms with Crippen molar-refractivity contribution in [1.82, 2.24) is 10.6 Å². The SMILES string of the molecule is CCOc1ccc(CNC(=NC)NC2CC=CC2)cc1C. The second kappa shape index (κ2) is 7.72. The van der Waals surface area contributed by atoms with Gasteiger partial charge in [0.15, 0.2) is 5.96 Å². The molecule has 1 aromatic carbocycles. The number of ether oxygens (including phenoxy) is 1. The van der Waals surface area contributed by atoms with Crippen LogP contribution in [0.1, 0.15) is 30.9 Å². The molecular weight excluding hydrogens is 262 g/mol. The van der Waals surface area contributed by atoms with Crippen molar-refractivity contribution in [3.8, 4) is 5.75 Å². The quantitative estimate of drug-likeness (QED) is 0.497. The molecule has 0 unspecified atom stereocenters. The van der Waals surface area contributed by atoms with Gasteiger partial charge in [-0.05, 0) is 43.9 Å². The second-order valence-corrected chi connectivity index (χ2v) is 5.24. The van der Waals surface area contributed by atoms with Crippen LogP contribution in [0.15, 0.2) is 35.3 Å². The maximum absolute atomic E-state index is 5.56. The average molecular weight is 287 g/mol. The topological polar surface area (TPSA) is 45.6 Å². The molecule has 0 fully saturated rings. The largest absolute Gasteiger partial charge is 0.494 e. The number of nitrogens with one attached hydrogen (secondary N) is 2. The van der Waals surface area contributed by atoms with Crippen molar-refractivity contribution in [2.24, 2.45) is 4.99 Å². The third-order valence-electron chi connectivity index (χ3n) is 3.57. The minimum absolute atomic E-state index is 0.471. The number of aliphatic imine (C=N–C) groups is 1. The van der Waals surface area contributed by atoms with E-state index in [1.54, 1.807) is 7.05 Å². The van der Waals surface area contributed by atoms with Crippen molar-refractivity contribution < 1.29 is 4.74 Å². The smallest absolute Gasteiger partial charge is 0.191 e.